The quantitative estimate of drug-likeness (QED) is 0.501. The Morgan fingerprint density at radius 1 is 1.38 bits per heavy atom. The molecular weight excluding hydrogens is 268 g/mol. The van der Waals surface area contributed by atoms with Crippen LogP contribution < -0.4 is 21.1 Å². The number of amides is 1. The summed E-state index contributed by atoms with van der Waals surface area (Å²) in [5.74, 6) is 1.04. The van der Waals surface area contributed by atoms with Gasteiger partial charge in [0.05, 0.1) is 0 Å². The summed E-state index contributed by atoms with van der Waals surface area (Å²) in [7, 11) is 1.78. The van der Waals surface area contributed by atoms with Crippen LogP contribution in [0.3, 0.4) is 0 Å². The molecule has 0 radical (unpaired) electrons. The summed E-state index contributed by atoms with van der Waals surface area (Å²) in [4.78, 5) is 14.8. The van der Waals surface area contributed by atoms with Gasteiger partial charge in [-0.25, -0.2) is 0 Å². The molecule has 4 N–H and O–H groups in total. The number of nitrogens with one attached hydrogen (secondary N) is 2. The highest BCUT2D eigenvalue weighted by molar-refractivity contribution is 5.80. The van der Waals surface area contributed by atoms with Crippen molar-refractivity contribution in [3.63, 3.8) is 0 Å². The molecule has 0 spiro atoms. The third kappa shape index (κ3) is 5.72. The van der Waals surface area contributed by atoms with Gasteiger partial charge in [0.15, 0.2) is 12.6 Å². The average Bonchev–Trinajstić information content (AvgIpc) is 3.29. The van der Waals surface area contributed by atoms with E-state index in [0.717, 1.165) is 18.9 Å². The number of carbonyl (C=O) groups is 1. The standard InChI is InChI=1S/C15H22N4O2/c1-17-15(19-12-4-5-12)18-9-8-11-2-6-13(7-3-11)21-10-14(16)20/h2-3,6-7,12H,4-5,8-10H2,1H3,(H2,16,20)(H2,17,18,19). The Bertz CT molecular complexity index is 495. The van der Waals surface area contributed by atoms with Gasteiger partial charge in [0.1, 0.15) is 5.75 Å². The van der Waals surface area contributed by atoms with E-state index in [-0.39, 0.29) is 6.61 Å². The minimum Gasteiger partial charge on any atom is -0.484 e. The van der Waals surface area contributed by atoms with Crippen LogP contribution in [0.25, 0.3) is 0 Å². The predicted molar refractivity (Wildman–Crippen MR) is 82.4 cm³/mol. The van der Waals surface area contributed by atoms with Crippen molar-refractivity contribution in [3.05, 3.63) is 29.8 Å². The first-order valence-electron chi connectivity index (χ1n) is 7.14. The van der Waals surface area contributed by atoms with Crippen LogP contribution in [-0.2, 0) is 11.2 Å². The summed E-state index contributed by atoms with van der Waals surface area (Å²) in [5.41, 5.74) is 6.22. The molecule has 0 heterocycles. The molecule has 0 atom stereocenters. The molecule has 1 aliphatic carbocycles. The molecule has 2 rings (SSSR count). The van der Waals surface area contributed by atoms with Crippen LogP contribution in [0.4, 0.5) is 0 Å². The van der Waals surface area contributed by atoms with E-state index in [4.69, 9.17) is 10.5 Å². The summed E-state index contributed by atoms with van der Waals surface area (Å²) in [6.45, 7) is 0.720. The van der Waals surface area contributed by atoms with Gasteiger partial charge in [-0.3, -0.25) is 9.79 Å². The Morgan fingerprint density at radius 2 is 2.10 bits per heavy atom. The molecule has 0 aliphatic heterocycles. The van der Waals surface area contributed by atoms with Crippen molar-refractivity contribution < 1.29 is 9.53 Å². The van der Waals surface area contributed by atoms with Crippen LogP contribution in [0.15, 0.2) is 29.3 Å². The molecule has 1 aromatic carbocycles. The lowest BCUT2D eigenvalue weighted by Crippen LogP contribution is -2.39. The third-order valence-corrected chi connectivity index (χ3v) is 3.15. The van der Waals surface area contributed by atoms with E-state index in [9.17, 15) is 4.79 Å². The second-order valence-corrected chi connectivity index (χ2v) is 5.07. The van der Waals surface area contributed by atoms with Gasteiger partial charge in [-0.1, -0.05) is 12.1 Å². The average molecular weight is 290 g/mol. The van der Waals surface area contributed by atoms with Crippen molar-refractivity contribution in [2.45, 2.75) is 25.3 Å². The Morgan fingerprint density at radius 3 is 2.67 bits per heavy atom. The van der Waals surface area contributed by atoms with Crippen molar-refractivity contribution in [1.82, 2.24) is 10.6 Å². The Labute approximate surface area is 124 Å². The van der Waals surface area contributed by atoms with Crippen LogP contribution in [0.2, 0.25) is 0 Å². The predicted octanol–water partition coefficient (Wildman–Crippen LogP) is 0.421. The van der Waals surface area contributed by atoms with Crippen molar-refractivity contribution >= 4 is 11.9 Å². The smallest absolute Gasteiger partial charge is 0.255 e. The Balaban J connectivity index is 1.71. The van der Waals surface area contributed by atoms with E-state index < -0.39 is 5.91 Å². The fourth-order valence-electron chi connectivity index (χ4n) is 1.85. The maximum atomic E-state index is 10.6. The van der Waals surface area contributed by atoms with E-state index in [1.807, 2.05) is 24.3 Å². The van der Waals surface area contributed by atoms with E-state index >= 15 is 0 Å². The molecule has 1 saturated carbocycles. The van der Waals surface area contributed by atoms with Crippen LogP contribution in [-0.4, -0.2) is 38.1 Å². The van der Waals surface area contributed by atoms with E-state index in [1.54, 1.807) is 7.05 Å². The van der Waals surface area contributed by atoms with Crippen LogP contribution in [0, 0.1) is 0 Å². The maximum absolute atomic E-state index is 10.6. The molecular formula is C15H22N4O2. The zero-order valence-corrected chi connectivity index (χ0v) is 12.3. The normalized spacial score (nSPS) is 14.6. The molecule has 1 aliphatic rings. The number of hydrogen-bond acceptors (Lipinski definition) is 3. The van der Waals surface area contributed by atoms with Crippen LogP contribution in [0.1, 0.15) is 18.4 Å². The van der Waals surface area contributed by atoms with E-state index in [2.05, 4.69) is 15.6 Å². The molecule has 6 heteroatoms. The fourth-order valence-corrected chi connectivity index (χ4v) is 1.85. The molecule has 0 saturated heterocycles. The van der Waals surface area contributed by atoms with Gasteiger partial charge in [-0.05, 0) is 37.0 Å². The number of hydrogen-bond donors (Lipinski definition) is 3. The minimum absolute atomic E-state index is 0.0932. The van der Waals surface area contributed by atoms with Gasteiger partial charge in [-0.2, -0.15) is 0 Å². The number of benzene rings is 1. The van der Waals surface area contributed by atoms with Gasteiger partial charge in [-0.15, -0.1) is 0 Å². The van der Waals surface area contributed by atoms with Crippen molar-refractivity contribution in [3.8, 4) is 5.75 Å². The zero-order chi connectivity index (χ0) is 15.1. The molecule has 21 heavy (non-hydrogen) atoms. The topological polar surface area (TPSA) is 88.7 Å². The largest absolute Gasteiger partial charge is 0.484 e. The second kappa shape index (κ2) is 7.52. The number of carbonyl (C=O) groups excluding carboxylic acids is 1. The Hall–Kier alpha value is -2.24. The second-order valence-electron chi connectivity index (χ2n) is 5.07. The van der Waals surface area contributed by atoms with Gasteiger partial charge < -0.3 is 21.1 Å². The van der Waals surface area contributed by atoms with Gasteiger partial charge in [0.2, 0.25) is 0 Å². The zero-order valence-electron chi connectivity index (χ0n) is 12.3. The van der Waals surface area contributed by atoms with Crippen LogP contribution >= 0.6 is 0 Å². The lowest BCUT2D eigenvalue weighted by molar-refractivity contribution is -0.119. The molecule has 1 amide bonds. The monoisotopic (exact) mass is 290 g/mol. The molecule has 0 unspecified atom stereocenters. The lowest BCUT2D eigenvalue weighted by atomic mass is 10.1. The minimum atomic E-state index is -0.474. The molecule has 0 bridgehead atoms. The van der Waals surface area contributed by atoms with Gasteiger partial charge >= 0.3 is 0 Å². The molecule has 0 aromatic heterocycles. The number of nitrogens with zero attached hydrogens (tertiary/aromatic N) is 1. The summed E-state index contributed by atoms with van der Waals surface area (Å²) >= 11 is 0. The van der Waals surface area contributed by atoms with Crippen molar-refractivity contribution in [1.29, 1.82) is 0 Å². The number of primary amides is 1. The summed E-state index contributed by atoms with van der Waals surface area (Å²) in [6.07, 6.45) is 3.35. The highest BCUT2D eigenvalue weighted by Crippen LogP contribution is 2.18. The highest BCUT2D eigenvalue weighted by atomic mass is 16.5. The van der Waals surface area contributed by atoms with Gasteiger partial charge in [0, 0.05) is 19.6 Å². The fraction of sp³-hybridized carbons (Fsp3) is 0.467. The Kier molecular flexibility index (Phi) is 5.43. The van der Waals surface area contributed by atoms with Crippen molar-refractivity contribution in [2.24, 2.45) is 10.7 Å². The van der Waals surface area contributed by atoms with E-state index in [0.29, 0.717) is 11.8 Å². The van der Waals surface area contributed by atoms with Crippen LogP contribution in [0.5, 0.6) is 5.75 Å². The molecule has 6 nitrogen and oxygen atoms in total. The van der Waals surface area contributed by atoms with Gasteiger partial charge in [0.25, 0.3) is 5.91 Å². The first kappa shape index (κ1) is 15.2. The number of aliphatic imine (C=N–C) groups is 1. The highest BCUT2D eigenvalue weighted by Gasteiger charge is 2.21. The number of ether oxygens (including phenoxy) is 1. The lowest BCUT2D eigenvalue weighted by Gasteiger charge is -2.11. The molecule has 1 aromatic rings. The van der Waals surface area contributed by atoms with E-state index in [1.165, 1.54) is 18.4 Å². The first-order valence-corrected chi connectivity index (χ1v) is 7.14. The molecule has 114 valence electrons. The number of nitrogens with two attached hydrogens (primary N) is 1. The summed E-state index contributed by atoms with van der Waals surface area (Å²) in [5, 5.41) is 6.63. The summed E-state index contributed by atoms with van der Waals surface area (Å²) in [6, 6.07) is 8.24. The molecule has 1 fully saturated rings. The number of guanidine groups is 1. The third-order valence-electron chi connectivity index (χ3n) is 3.15. The van der Waals surface area contributed by atoms with Crippen molar-refractivity contribution in [2.75, 3.05) is 20.2 Å². The maximum Gasteiger partial charge on any atom is 0.255 e. The first-order chi connectivity index (χ1) is 10.2. The number of rotatable bonds is 7. The SMILES string of the molecule is CN=C(NCCc1ccc(OCC(N)=O)cc1)NC1CC1. The summed E-state index contributed by atoms with van der Waals surface area (Å²) < 4.78 is 5.21.